The lowest BCUT2D eigenvalue weighted by Crippen LogP contribution is -2.21. The quantitative estimate of drug-likeness (QED) is 0.767. The molecule has 6 nitrogen and oxygen atoms in total. The van der Waals surface area contributed by atoms with E-state index in [4.69, 9.17) is 5.26 Å². The van der Waals surface area contributed by atoms with Crippen molar-refractivity contribution in [3.63, 3.8) is 0 Å². The molecule has 3 aromatic heterocycles. The Kier molecular flexibility index (Phi) is 4.56. The molecular formula is C20H23N5O. The smallest absolute Gasteiger partial charge is 0.138 e. The lowest BCUT2D eigenvalue weighted by Gasteiger charge is -2.31. The maximum absolute atomic E-state index is 10.3. The Labute approximate surface area is 152 Å². The molecule has 0 radical (unpaired) electrons. The normalized spacial score (nSPS) is 21.7. The summed E-state index contributed by atoms with van der Waals surface area (Å²) < 4.78 is 2.21. The highest BCUT2D eigenvalue weighted by Crippen LogP contribution is 2.39. The van der Waals surface area contributed by atoms with Crippen LogP contribution in [0.3, 0.4) is 0 Å². The second-order valence-electron chi connectivity index (χ2n) is 7.25. The number of hydrogen-bond donors (Lipinski definition) is 1. The molecule has 0 aliphatic heterocycles. The summed E-state index contributed by atoms with van der Waals surface area (Å²) in [5, 5.41) is 19.1. The van der Waals surface area contributed by atoms with Crippen LogP contribution in [-0.2, 0) is 0 Å². The Morgan fingerprint density at radius 2 is 2.08 bits per heavy atom. The Bertz CT molecular complexity index is 963. The van der Waals surface area contributed by atoms with Gasteiger partial charge in [-0.15, -0.1) is 0 Å². The van der Waals surface area contributed by atoms with Crippen molar-refractivity contribution in [3.05, 3.63) is 30.4 Å². The first kappa shape index (κ1) is 16.9. The molecule has 0 bridgehead atoms. The number of rotatable bonds is 4. The highest BCUT2D eigenvalue weighted by atomic mass is 16.3. The number of nitriles is 1. The van der Waals surface area contributed by atoms with Crippen molar-refractivity contribution in [2.75, 3.05) is 0 Å². The molecule has 1 atom stereocenters. The monoisotopic (exact) mass is 349 g/mol. The minimum Gasteiger partial charge on any atom is -0.385 e. The van der Waals surface area contributed by atoms with Crippen LogP contribution >= 0.6 is 0 Å². The largest absolute Gasteiger partial charge is 0.385 e. The summed E-state index contributed by atoms with van der Waals surface area (Å²) >= 11 is 0. The summed E-state index contributed by atoms with van der Waals surface area (Å²) in [7, 11) is 0. The Morgan fingerprint density at radius 3 is 2.81 bits per heavy atom. The zero-order valence-corrected chi connectivity index (χ0v) is 15.0. The maximum Gasteiger partial charge on any atom is 0.138 e. The number of fused-ring (bicyclic) bond motifs is 3. The third kappa shape index (κ3) is 2.93. The van der Waals surface area contributed by atoms with Crippen molar-refractivity contribution in [1.29, 1.82) is 5.26 Å². The van der Waals surface area contributed by atoms with Crippen LogP contribution in [0.4, 0.5) is 0 Å². The number of imidazole rings is 1. The molecule has 0 spiro atoms. The van der Waals surface area contributed by atoms with Gasteiger partial charge in [0.2, 0.25) is 0 Å². The molecule has 0 amide bonds. The second-order valence-corrected chi connectivity index (χ2v) is 7.25. The molecule has 0 unspecified atom stereocenters. The average molecular weight is 349 g/mol. The van der Waals surface area contributed by atoms with Gasteiger partial charge < -0.3 is 9.67 Å². The van der Waals surface area contributed by atoms with Gasteiger partial charge >= 0.3 is 0 Å². The summed E-state index contributed by atoms with van der Waals surface area (Å²) in [5.74, 6) is 1.33. The molecule has 6 heteroatoms. The van der Waals surface area contributed by atoms with Crippen LogP contribution in [0.25, 0.3) is 22.1 Å². The van der Waals surface area contributed by atoms with Crippen molar-refractivity contribution in [1.82, 2.24) is 19.5 Å². The van der Waals surface area contributed by atoms with Gasteiger partial charge in [-0.25, -0.2) is 4.98 Å². The van der Waals surface area contributed by atoms with E-state index in [0.717, 1.165) is 54.2 Å². The predicted molar refractivity (Wildman–Crippen MR) is 99.3 cm³/mol. The van der Waals surface area contributed by atoms with Crippen LogP contribution in [0.15, 0.2) is 24.5 Å². The van der Waals surface area contributed by atoms with Crippen LogP contribution in [0.5, 0.6) is 0 Å². The third-order valence-electron chi connectivity index (χ3n) is 5.52. The van der Waals surface area contributed by atoms with E-state index in [1.807, 2.05) is 12.1 Å². The molecule has 26 heavy (non-hydrogen) atoms. The summed E-state index contributed by atoms with van der Waals surface area (Å²) in [6.07, 6.45) is 8.85. The fraction of sp³-hybridized carbons (Fsp3) is 0.500. The predicted octanol–water partition coefficient (Wildman–Crippen LogP) is 4.07. The highest BCUT2D eigenvalue weighted by molar-refractivity contribution is 5.99. The topological polar surface area (TPSA) is 87.6 Å². The molecule has 3 aromatic rings. The molecule has 0 saturated heterocycles. The van der Waals surface area contributed by atoms with Gasteiger partial charge in [0.15, 0.2) is 0 Å². The number of nitrogens with zero attached hydrogens (tertiary/aromatic N) is 5. The molecule has 134 valence electrons. The van der Waals surface area contributed by atoms with Crippen LogP contribution in [-0.4, -0.2) is 24.6 Å². The van der Waals surface area contributed by atoms with Gasteiger partial charge in [-0.05, 0) is 57.1 Å². The molecule has 1 fully saturated rings. The molecule has 4 rings (SSSR count). The van der Waals surface area contributed by atoms with Gasteiger partial charge in [0, 0.05) is 18.7 Å². The fourth-order valence-electron chi connectivity index (χ4n) is 4.23. The van der Waals surface area contributed by atoms with Crippen LogP contribution in [0, 0.1) is 17.2 Å². The van der Waals surface area contributed by atoms with Crippen molar-refractivity contribution >= 4 is 22.1 Å². The van der Waals surface area contributed by atoms with Gasteiger partial charge in [0.1, 0.15) is 23.0 Å². The van der Waals surface area contributed by atoms with Gasteiger partial charge in [0.05, 0.1) is 23.3 Å². The minimum absolute atomic E-state index is 0.301. The minimum atomic E-state index is -0.641. The van der Waals surface area contributed by atoms with Gasteiger partial charge in [-0.3, -0.25) is 9.97 Å². The van der Waals surface area contributed by atoms with E-state index < -0.39 is 6.10 Å². The van der Waals surface area contributed by atoms with E-state index in [0.29, 0.717) is 24.2 Å². The van der Waals surface area contributed by atoms with Gasteiger partial charge in [-0.1, -0.05) is 0 Å². The lowest BCUT2D eigenvalue weighted by atomic mass is 9.83. The summed E-state index contributed by atoms with van der Waals surface area (Å²) in [5.41, 5.74) is 3.46. The van der Waals surface area contributed by atoms with Crippen molar-refractivity contribution in [3.8, 4) is 6.07 Å². The molecular weight excluding hydrogens is 326 g/mol. The zero-order chi connectivity index (χ0) is 18.1. The summed E-state index contributed by atoms with van der Waals surface area (Å²) in [6, 6.07) is 6.41. The fourth-order valence-corrected chi connectivity index (χ4v) is 4.23. The Balaban J connectivity index is 1.77. The summed E-state index contributed by atoms with van der Waals surface area (Å²) in [6.45, 7) is 1.76. The third-order valence-corrected chi connectivity index (χ3v) is 5.52. The number of aromatic nitrogens is 4. The Morgan fingerprint density at radius 1 is 1.27 bits per heavy atom. The number of pyridine rings is 2. The molecule has 1 saturated carbocycles. The van der Waals surface area contributed by atoms with E-state index in [-0.39, 0.29) is 0 Å². The van der Waals surface area contributed by atoms with Gasteiger partial charge in [0.25, 0.3) is 0 Å². The average Bonchev–Trinajstić information content (AvgIpc) is 3.07. The first-order valence-electron chi connectivity index (χ1n) is 9.35. The molecule has 0 aromatic carbocycles. The SMILES string of the molecule is C[C@@H](O)c1nc2cnc3cccnc3c2n1C1CCC(CCC#N)CC1. The van der Waals surface area contributed by atoms with E-state index >= 15 is 0 Å². The molecule has 1 N–H and O–H groups in total. The van der Waals surface area contributed by atoms with Crippen LogP contribution < -0.4 is 0 Å². The maximum atomic E-state index is 10.3. The van der Waals surface area contributed by atoms with Crippen molar-refractivity contribution in [2.45, 2.75) is 57.6 Å². The van der Waals surface area contributed by atoms with Crippen molar-refractivity contribution < 1.29 is 5.11 Å². The summed E-state index contributed by atoms with van der Waals surface area (Å²) in [4.78, 5) is 13.7. The Hall–Kier alpha value is -2.52. The number of aliphatic hydroxyl groups is 1. The second kappa shape index (κ2) is 7.00. The van der Waals surface area contributed by atoms with Crippen LogP contribution in [0.2, 0.25) is 0 Å². The van der Waals surface area contributed by atoms with Crippen molar-refractivity contribution in [2.24, 2.45) is 5.92 Å². The number of hydrogen-bond acceptors (Lipinski definition) is 5. The lowest BCUT2D eigenvalue weighted by molar-refractivity contribution is 0.174. The van der Waals surface area contributed by atoms with Gasteiger partial charge in [-0.2, -0.15) is 5.26 Å². The number of aliphatic hydroxyl groups excluding tert-OH is 1. The first-order valence-corrected chi connectivity index (χ1v) is 9.35. The first-order chi connectivity index (χ1) is 12.7. The van der Waals surface area contributed by atoms with E-state index in [2.05, 4.69) is 25.6 Å². The van der Waals surface area contributed by atoms with E-state index in [1.54, 1.807) is 19.3 Å². The standard InChI is InChI=1S/C20H23N5O/c1-13(26)20-24-17-12-23-16-5-3-11-22-18(16)19(17)25(20)15-8-6-14(7-9-15)4-2-10-21/h3,5,11-15,26H,2,4,6-9H2,1H3/t13-,14?,15?/m1/s1. The molecule has 3 heterocycles. The molecule has 1 aliphatic rings. The molecule has 1 aliphatic carbocycles. The highest BCUT2D eigenvalue weighted by Gasteiger charge is 2.28. The van der Waals surface area contributed by atoms with E-state index in [1.165, 1.54) is 0 Å². The van der Waals surface area contributed by atoms with E-state index in [9.17, 15) is 5.11 Å². The zero-order valence-electron chi connectivity index (χ0n) is 15.0. The van der Waals surface area contributed by atoms with Crippen LogP contribution in [0.1, 0.15) is 63.4 Å².